The maximum atomic E-state index is 12.9. The molecule has 0 spiro atoms. The van der Waals surface area contributed by atoms with E-state index in [0.29, 0.717) is 18.9 Å². The highest BCUT2D eigenvalue weighted by Gasteiger charge is 2.18. The number of ether oxygens (including phenoxy) is 2. The van der Waals surface area contributed by atoms with Crippen LogP contribution in [-0.4, -0.2) is 74.7 Å². The summed E-state index contributed by atoms with van der Waals surface area (Å²) < 4.78 is 11.6. The second-order valence-corrected chi connectivity index (χ2v) is 8.74. The Labute approximate surface area is 176 Å². The van der Waals surface area contributed by atoms with Crippen molar-refractivity contribution in [2.75, 3.05) is 59.1 Å². The van der Waals surface area contributed by atoms with Crippen molar-refractivity contribution >= 4 is 5.78 Å². The number of benzene rings is 1. The van der Waals surface area contributed by atoms with Crippen molar-refractivity contribution in [2.45, 2.75) is 52.4 Å². The number of ketones is 1. The molecular weight excluding hydrogens is 364 g/mol. The fourth-order valence-electron chi connectivity index (χ4n) is 4.26. The molecule has 3 rings (SSSR count). The fraction of sp³-hybridized carbons (Fsp3) is 0.708. The summed E-state index contributed by atoms with van der Waals surface area (Å²) in [6.45, 7) is 14.7. The third-order valence-corrected chi connectivity index (χ3v) is 6.15. The molecule has 2 fully saturated rings. The van der Waals surface area contributed by atoms with Crippen LogP contribution in [0.1, 0.15) is 66.9 Å². The Bertz CT molecular complexity index is 662. The van der Waals surface area contributed by atoms with Crippen LogP contribution in [0.15, 0.2) is 12.1 Å². The molecule has 5 nitrogen and oxygen atoms in total. The maximum Gasteiger partial charge on any atom is 0.164 e. The number of morpholine rings is 1. The minimum atomic E-state index is 0.232. The lowest BCUT2D eigenvalue weighted by Gasteiger charge is -2.27. The number of hydrogen-bond acceptors (Lipinski definition) is 5. The van der Waals surface area contributed by atoms with E-state index in [0.717, 1.165) is 61.8 Å². The highest BCUT2D eigenvalue weighted by atomic mass is 16.5. The Hall–Kier alpha value is -1.43. The van der Waals surface area contributed by atoms with Gasteiger partial charge >= 0.3 is 0 Å². The highest BCUT2D eigenvalue weighted by Crippen LogP contribution is 2.30. The molecule has 1 aromatic rings. The Morgan fingerprint density at radius 2 is 1.72 bits per heavy atom. The first-order valence-corrected chi connectivity index (χ1v) is 11.4. The molecule has 0 aromatic heterocycles. The summed E-state index contributed by atoms with van der Waals surface area (Å²) >= 11 is 0. The summed E-state index contributed by atoms with van der Waals surface area (Å²) in [7, 11) is 0. The van der Waals surface area contributed by atoms with E-state index in [9.17, 15) is 4.79 Å². The van der Waals surface area contributed by atoms with Crippen molar-refractivity contribution in [1.29, 1.82) is 0 Å². The molecule has 2 saturated heterocycles. The van der Waals surface area contributed by atoms with E-state index >= 15 is 0 Å². The van der Waals surface area contributed by atoms with Crippen molar-refractivity contribution in [3.05, 3.63) is 28.8 Å². The first-order valence-electron chi connectivity index (χ1n) is 11.4. The van der Waals surface area contributed by atoms with Gasteiger partial charge in [0.2, 0.25) is 0 Å². The normalized spacial score (nSPS) is 18.9. The summed E-state index contributed by atoms with van der Waals surface area (Å²) in [5.41, 5.74) is 3.02. The Morgan fingerprint density at radius 1 is 1.03 bits per heavy atom. The molecule has 2 aliphatic heterocycles. The first-order chi connectivity index (χ1) is 14.0. The van der Waals surface area contributed by atoms with Crippen LogP contribution in [0.25, 0.3) is 0 Å². The molecule has 2 heterocycles. The van der Waals surface area contributed by atoms with E-state index in [4.69, 9.17) is 9.47 Å². The van der Waals surface area contributed by atoms with Crippen LogP contribution in [0, 0.1) is 6.92 Å². The summed E-state index contributed by atoms with van der Waals surface area (Å²) in [6, 6.07) is 4.16. The number of nitrogens with zero attached hydrogens (tertiary/aromatic N) is 2. The van der Waals surface area contributed by atoms with E-state index < -0.39 is 0 Å². The predicted octanol–water partition coefficient (Wildman–Crippen LogP) is 3.89. The maximum absolute atomic E-state index is 12.9. The van der Waals surface area contributed by atoms with Gasteiger partial charge in [0.15, 0.2) is 5.78 Å². The third-order valence-electron chi connectivity index (χ3n) is 6.15. The molecule has 1 aromatic carbocycles. The van der Waals surface area contributed by atoms with E-state index in [2.05, 4.69) is 35.8 Å². The average Bonchev–Trinajstić information content (AvgIpc) is 2.73. The molecule has 29 heavy (non-hydrogen) atoms. The van der Waals surface area contributed by atoms with Gasteiger partial charge in [-0.3, -0.25) is 14.6 Å². The van der Waals surface area contributed by atoms with Gasteiger partial charge < -0.3 is 9.47 Å². The number of carbonyl (C=O) groups excluding carboxylic acids is 1. The molecule has 0 atom stereocenters. The fourth-order valence-corrected chi connectivity index (χ4v) is 4.26. The van der Waals surface area contributed by atoms with E-state index in [-0.39, 0.29) is 5.78 Å². The van der Waals surface area contributed by atoms with Gasteiger partial charge in [0.05, 0.1) is 13.2 Å². The standard InChI is InChI=1S/C24H38N2O3/c1-19(2)21-18-22(23(27)7-10-26-11-14-28-15-12-26)20(3)17-24(21)29-16-13-25-8-5-4-6-9-25/h17-19H,4-16H2,1-3H3. The number of piperidine rings is 1. The second-order valence-electron chi connectivity index (χ2n) is 8.74. The molecule has 0 aliphatic carbocycles. The number of hydrogen-bond donors (Lipinski definition) is 0. The van der Waals surface area contributed by atoms with Crippen molar-refractivity contribution < 1.29 is 14.3 Å². The zero-order valence-corrected chi connectivity index (χ0v) is 18.5. The summed E-state index contributed by atoms with van der Waals surface area (Å²) in [6.07, 6.45) is 4.53. The minimum Gasteiger partial charge on any atom is -0.492 e. The largest absolute Gasteiger partial charge is 0.492 e. The topological polar surface area (TPSA) is 42.0 Å². The molecule has 162 valence electrons. The van der Waals surface area contributed by atoms with E-state index in [1.165, 1.54) is 32.4 Å². The summed E-state index contributed by atoms with van der Waals surface area (Å²) in [5, 5.41) is 0. The lowest BCUT2D eigenvalue weighted by molar-refractivity contribution is 0.0370. The van der Waals surface area contributed by atoms with Crippen molar-refractivity contribution in [3.63, 3.8) is 0 Å². The molecule has 0 unspecified atom stereocenters. The average molecular weight is 403 g/mol. The number of rotatable bonds is 9. The zero-order chi connectivity index (χ0) is 20.6. The lowest BCUT2D eigenvalue weighted by atomic mass is 9.93. The Morgan fingerprint density at radius 3 is 2.41 bits per heavy atom. The molecule has 2 aliphatic rings. The van der Waals surface area contributed by atoms with Gasteiger partial charge in [-0.15, -0.1) is 0 Å². The molecule has 0 saturated carbocycles. The van der Waals surface area contributed by atoms with Crippen LogP contribution < -0.4 is 4.74 Å². The number of carbonyl (C=O) groups is 1. The smallest absolute Gasteiger partial charge is 0.164 e. The highest BCUT2D eigenvalue weighted by molar-refractivity contribution is 5.98. The molecule has 0 bridgehead atoms. The van der Waals surface area contributed by atoms with E-state index in [1.54, 1.807) is 0 Å². The molecule has 0 radical (unpaired) electrons. The SMILES string of the molecule is Cc1cc(OCCN2CCCCC2)c(C(C)C)cc1C(=O)CCN1CCOCC1. The molecule has 5 heteroatoms. The van der Waals surface area contributed by atoms with Gasteiger partial charge in [0, 0.05) is 38.2 Å². The van der Waals surface area contributed by atoms with Crippen LogP contribution in [-0.2, 0) is 4.74 Å². The predicted molar refractivity (Wildman–Crippen MR) is 117 cm³/mol. The molecule has 0 amide bonds. The van der Waals surface area contributed by atoms with Crippen molar-refractivity contribution in [2.24, 2.45) is 0 Å². The first kappa shape index (κ1) is 22.3. The third kappa shape index (κ3) is 6.53. The van der Waals surface area contributed by atoms with Crippen LogP contribution >= 0.6 is 0 Å². The zero-order valence-electron chi connectivity index (χ0n) is 18.5. The van der Waals surface area contributed by atoms with Gasteiger partial charge in [0.1, 0.15) is 12.4 Å². The molecular formula is C24H38N2O3. The van der Waals surface area contributed by atoms with Gasteiger partial charge in [-0.1, -0.05) is 20.3 Å². The number of aryl methyl sites for hydroxylation is 1. The van der Waals surface area contributed by atoms with Crippen molar-refractivity contribution in [1.82, 2.24) is 9.80 Å². The van der Waals surface area contributed by atoms with Crippen LogP contribution in [0.3, 0.4) is 0 Å². The summed E-state index contributed by atoms with van der Waals surface area (Å²) in [5.74, 6) is 1.50. The van der Waals surface area contributed by atoms with Crippen molar-refractivity contribution in [3.8, 4) is 5.75 Å². The quantitative estimate of drug-likeness (QED) is 0.586. The van der Waals surface area contributed by atoms with Gasteiger partial charge in [-0.05, 0) is 62.0 Å². The molecule has 0 N–H and O–H groups in total. The van der Waals surface area contributed by atoms with Gasteiger partial charge in [-0.2, -0.15) is 0 Å². The lowest BCUT2D eigenvalue weighted by Crippen LogP contribution is -2.37. The van der Waals surface area contributed by atoms with Crippen LogP contribution in [0.4, 0.5) is 0 Å². The number of Topliss-reactive ketones (excluding diaryl/α,β-unsaturated/α-hetero) is 1. The number of likely N-dealkylation sites (tertiary alicyclic amines) is 1. The van der Waals surface area contributed by atoms with Gasteiger partial charge in [-0.25, -0.2) is 0 Å². The van der Waals surface area contributed by atoms with E-state index in [1.807, 2.05) is 6.92 Å². The Balaban J connectivity index is 1.61. The second kappa shape index (κ2) is 11.1. The van der Waals surface area contributed by atoms with Crippen LogP contribution in [0.5, 0.6) is 5.75 Å². The van der Waals surface area contributed by atoms with Crippen LogP contribution in [0.2, 0.25) is 0 Å². The minimum absolute atomic E-state index is 0.232. The Kier molecular flexibility index (Phi) is 8.52. The summed E-state index contributed by atoms with van der Waals surface area (Å²) in [4.78, 5) is 17.7. The monoisotopic (exact) mass is 402 g/mol. The van der Waals surface area contributed by atoms with Gasteiger partial charge in [0.25, 0.3) is 0 Å².